The monoisotopic (exact) mass is 571 g/mol. The molecule has 2 amide bonds. The topological polar surface area (TPSA) is 183 Å². The summed E-state index contributed by atoms with van der Waals surface area (Å²) in [6.45, 7) is 2.05. The van der Waals surface area contributed by atoms with Crippen LogP contribution in [0, 0.1) is 5.41 Å². The van der Waals surface area contributed by atoms with Crippen LogP contribution in [-0.4, -0.2) is 65.9 Å². The SMILES string of the molecule is CCCCS(=O)(=O)N[C@H](Cc1ccccc1)C(=O)N1CCC[C@@]1(CC(=O)O)C(=O)NCc1ccc(C(=N)N)cc1. The van der Waals surface area contributed by atoms with E-state index in [-0.39, 0.29) is 37.5 Å². The molecule has 2 atom stereocenters. The Labute approximate surface area is 234 Å². The molecule has 11 nitrogen and oxygen atoms in total. The quantitative estimate of drug-likeness (QED) is 0.169. The third-order valence-corrected chi connectivity index (χ3v) is 8.48. The molecule has 2 aromatic carbocycles. The van der Waals surface area contributed by atoms with Crippen molar-refractivity contribution >= 4 is 33.6 Å². The fraction of sp³-hybridized carbons (Fsp3) is 0.429. The van der Waals surface area contributed by atoms with Crippen molar-refractivity contribution in [2.75, 3.05) is 12.3 Å². The summed E-state index contributed by atoms with van der Waals surface area (Å²) in [4.78, 5) is 40.8. The second kappa shape index (κ2) is 13.5. The van der Waals surface area contributed by atoms with E-state index in [2.05, 4.69) is 10.0 Å². The zero-order valence-corrected chi connectivity index (χ0v) is 23.4. The summed E-state index contributed by atoms with van der Waals surface area (Å²) in [7, 11) is -3.81. The minimum Gasteiger partial charge on any atom is -0.481 e. The van der Waals surface area contributed by atoms with Gasteiger partial charge in [-0.25, -0.2) is 13.1 Å². The third-order valence-electron chi connectivity index (χ3n) is 7.01. The first kappa shape index (κ1) is 30.8. The van der Waals surface area contributed by atoms with Crippen LogP contribution in [0.1, 0.15) is 55.7 Å². The first-order valence-corrected chi connectivity index (χ1v) is 14.9. The van der Waals surface area contributed by atoms with Crippen LogP contribution < -0.4 is 15.8 Å². The Morgan fingerprint density at radius 3 is 2.38 bits per heavy atom. The smallest absolute Gasteiger partial charge is 0.306 e. The number of hydrogen-bond acceptors (Lipinski definition) is 6. The Balaban J connectivity index is 1.88. The second-order valence-corrected chi connectivity index (χ2v) is 11.9. The van der Waals surface area contributed by atoms with Crippen LogP contribution >= 0.6 is 0 Å². The zero-order chi connectivity index (χ0) is 29.3. The van der Waals surface area contributed by atoms with Gasteiger partial charge in [0.2, 0.25) is 21.8 Å². The second-order valence-electron chi connectivity index (χ2n) is 10.0. The summed E-state index contributed by atoms with van der Waals surface area (Å²) in [5.74, 6) is -2.74. The minimum atomic E-state index is -3.81. The number of nitrogens with one attached hydrogen (secondary N) is 3. The summed E-state index contributed by atoms with van der Waals surface area (Å²) in [6.07, 6.45) is 1.03. The van der Waals surface area contributed by atoms with E-state index < -0.39 is 45.8 Å². The summed E-state index contributed by atoms with van der Waals surface area (Å²) in [6, 6.07) is 14.4. The molecule has 1 fully saturated rings. The molecule has 0 aliphatic carbocycles. The highest BCUT2D eigenvalue weighted by atomic mass is 32.2. The fourth-order valence-electron chi connectivity index (χ4n) is 4.93. The van der Waals surface area contributed by atoms with Gasteiger partial charge >= 0.3 is 5.97 Å². The van der Waals surface area contributed by atoms with E-state index >= 15 is 0 Å². The van der Waals surface area contributed by atoms with Crippen molar-refractivity contribution in [1.82, 2.24) is 14.9 Å². The lowest BCUT2D eigenvalue weighted by Crippen LogP contribution is -2.62. The maximum Gasteiger partial charge on any atom is 0.306 e. The van der Waals surface area contributed by atoms with E-state index in [1.54, 1.807) is 48.5 Å². The summed E-state index contributed by atoms with van der Waals surface area (Å²) < 4.78 is 28.2. The van der Waals surface area contributed by atoms with Crippen LogP contribution in [0.3, 0.4) is 0 Å². The van der Waals surface area contributed by atoms with Crippen LogP contribution in [0.15, 0.2) is 54.6 Å². The molecule has 0 radical (unpaired) electrons. The molecule has 216 valence electrons. The van der Waals surface area contributed by atoms with E-state index in [0.717, 1.165) is 5.56 Å². The molecule has 12 heteroatoms. The van der Waals surface area contributed by atoms with Crippen molar-refractivity contribution in [2.45, 2.75) is 63.6 Å². The molecule has 0 bridgehead atoms. The minimum absolute atomic E-state index is 0.0504. The van der Waals surface area contributed by atoms with Crippen molar-refractivity contribution in [3.05, 3.63) is 71.3 Å². The number of likely N-dealkylation sites (tertiary alicyclic amines) is 1. The van der Waals surface area contributed by atoms with Crippen molar-refractivity contribution in [3.63, 3.8) is 0 Å². The molecule has 6 N–H and O–H groups in total. The third kappa shape index (κ3) is 7.89. The molecule has 1 heterocycles. The number of carbonyl (C=O) groups excluding carboxylic acids is 2. The Bertz CT molecular complexity index is 1320. The maximum atomic E-state index is 14.0. The first-order valence-electron chi connectivity index (χ1n) is 13.3. The van der Waals surface area contributed by atoms with Crippen LogP contribution in [0.2, 0.25) is 0 Å². The molecule has 3 rings (SSSR count). The number of carbonyl (C=O) groups is 3. The molecule has 0 spiro atoms. The molecule has 1 saturated heterocycles. The number of rotatable bonds is 14. The first-order chi connectivity index (χ1) is 19.0. The molecule has 2 aromatic rings. The number of nitrogens with two attached hydrogens (primary N) is 1. The van der Waals surface area contributed by atoms with Gasteiger partial charge in [0.05, 0.1) is 12.2 Å². The number of amides is 2. The lowest BCUT2D eigenvalue weighted by molar-refractivity contribution is -0.152. The number of aliphatic carboxylic acids is 1. The van der Waals surface area contributed by atoms with Crippen molar-refractivity contribution in [3.8, 4) is 0 Å². The highest BCUT2D eigenvalue weighted by Crippen LogP contribution is 2.34. The number of hydrogen-bond donors (Lipinski definition) is 5. The van der Waals surface area contributed by atoms with E-state index in [1.165, 1.54) is 4.90 Å². The van der Waals surface area contributed by atoms with Crippen LogP contribution in [-0.2, 0) is 37.4 Å². The Morgan fingerprint density at radius 2 is 1.77 bits per heavy atom. The molecular weight excluding hydrogens is 534 g/mol. The highest BCUT2D eigenvalue weighted by molar-refractivity contribution is 7.89. The number of amidine groups is 1. The van der Waals surface area contributed by atoms with Crippen LogP contribution in [0.4, 0.5) is 0 Å². The average Bonchev–Trinajstić information content (AvgIpc) is 3.34. The van der Waals surface area contributed by atoms with Crippen LogP contribution in [0.25, 0.3) is 0 Å². The molecule has 1 aliphatic heterocycles. The number of unbranched alkanes of at least 4 members (excludes halogenated alkanes) is 1. The van der Waals surface area contributed by atoms with Gasteiger partial charge in [-0.1, -0.05) is 67.9 Å². The average molecular weight is 572 g/mol. The molecule has 0 unspecified atom stereocenters. The van der Waals surface area contributed by atoms with E-state index in [1.807, 2.05) is 13.0 Å². The fourth-order valence-corrected chi connectivity index (χ4v) is 6.33. The van der Waals surface area contributed by atoms with E-state index in [0.29, 0.717) is 30.4 Å². The predicted molar refractivity (Wildman–Crippen MR) is 151 cm³/mol. The van der Waals surface area contributed by atoms with Crippen molar-refractivity contribution in [2.24, 2.45) is 5.73 Å². The summed E-state index contributed by atoms with van der Waals surface area (Å²) >= 11 is 0. The summed E-state index contributed by atoms with van der Waals surface area (Å²) in [5, 5.41) is 20.0. The molecule has 0 saturated carbocycles. The number of carboxylic acid groups (broad SMARTS) is 1. The van der Waals surface area contributed by atoms with Gasteiger partial charge in [0, 0.05) is 18.7 Å². The Kier molecular flexibility index (Phi) is 10.4. The predicted octanol–water partition coefficient (Wildman–Crippen LogP) is 1.75. The lowest BCUT2D eigenvalue weighted by atomic mass is 9.89. The normalized spacial score (nSPS) is 17.8. The van der Waals surface area contributed by atoms with Gasteiger partial charge < -0.3 is 21.1 Å². The van der Waals surface area contributed by atoms with Gasteiger partial charge in [0.1, 0.15) is 17.4 Å². The molecule has 40 heavy (non-hydrogen) atoms. The standard InChI is InChI=1S/C28H37N5O6S/c1-2-3-16-40(38,39)32-23(17-20-8-5-4-6-9-20)26(36)33-15-7-14-28(33,18-24(34)35)27(37)31-19-21-10-12-22(13-11-21)25(29)30/h4-6,8-13,23,32H,2-3,7,14-19H2,1H3,(H3,29,30)(H,31,37)(H,34,35)/t23-,28-/m1/s1. The number of nitrogens with zero attached hydrogens (tertiary/aromatic N) is 1. The lowest BCUT2D eigenvalue weighted by Gasteiger charge is -2.38. The highest BCUT2D eigenvalue weighted by Gasteiger charge is 2.52. The number of benzene rings is 2. The zero-order valence-electron chi connectivity index (χ0n) is 22.6. The van der Waals surface area contributed by atoms with Gasteiger partial charge in [0.25, 0.3) is 0 Å². The van der Waals surface area contributed by atoms with E-state index in [4.69, 9.17) is 11.1 Å². The van der Waals surface area contributed by atoms with Gasteiger partial charge in [-0.2, -0.15) is 0 Å². The maximum absolute atomic E-state index is 14.0. The Hall–Kier alpha value is -3.77. The molecular formula is C28H37N5O6S. The number of sulfonamides is 1. The van der Waals surface area contributed by atoms with Gasteiger partial charge in [-0.3, -0.25) is 19.8 Å². The number of nitrogen functional groups attached to an aromatic ring is 1. The number of carboxylic acids is 1. The molecule has 1 aliphatic rings. The summed E-state index contributed by atoms with van der Waals surface area (Å²) in [5.41, 5.74) is 5.76. The van der Waals surface area contributed by atoms with Crippen molar-refractivity contribution in [1.29, 1.82) is 5.41 Å². The Morgan fingerprint density at radius 1 is 1.10 bits per heavy atom. The van der Waals surface area contributed by atoms with Gasteiger partial charge in [-0.05, 0) is 36.8 Å². The van der Waals surface area contributed by atoms with Gasteiger partial charge in [-0.15, -0.1) is 0 Å². The van der Waals surface area contributed by atoms with Gasteiger partial charge in [0.15, 0.2) is 0 Å². The van der Waals surface area contributed by atoms with E-state index in [9.17, 15) is 27.9 Å². The van der Waals surface area contributed by atoms with Crippen molar-refractivity contribution < 1.29 is 27.9 Å². The van der Waals surface area contributed by atoms with Crippen LogP contribution in [0.5, 0.6) is 0 Å². The largest absolute Gasteiger partial charge is 0.481 e. The molecule has 0 aromatic heterocycles.